The Morgan fingerprint density at radius 2 is 1.96 bits per heavy atom. The second-order valence-electron chi connectivity index (χ2n) is 5.46. The molecule has 0 unspecified atom stereocenters. The van der Waals surface area contributed by atoms with Crippen LogP contribution < -0.4 is 10.6 Å². The van der Waals surface area contributed by atoms with Gasteiger partial charge in [-0.2, -0.15) is 9.97 Å². The fourth-order valence-electron chi connectivity index (χ4n) is 2.31. The number of aromatic amines is 1. The number of halogens is 2. The molecule has 0 saturated carbocycles. The minimum absolute atomic E-state index is 0.182. The van der Waals surface area contributed by atoms with E-state index in [1.807, 2.05) is 6.07 Å². The molecule has 2 heterocycles. The molecule has 0 aliphatic carbocycles. The Morgan fingerprint density at radius 1 is 1.08 bits per heavy atom. The summed E-state index contributed by atoms with van der Waals surface area (Å²) in [6, 6.07) is 5.45. The zero-order valence-corrected chi connectivity index (χ0v) is 14.9. The lowest BCUT2D eigenvalue weighted by atomic mass is 10.2. The van der Waals surface area contributed by atoms with Gasteiger partial charge < -0.3 is 20.7 Å². The van der Waals surface area contributed by atoms with Crippen molar-refractivity contribution in [1.29, 1.82) is 0 Å². The Hall–Kier alpha value is -2.09. The highest BCUT2D eigenvalue weighted by Crippen LogP contribution is 2.23. The predicted molar refractivity (Wildman–Crippen MR) is 100 cm³/mol. The lowest BCUT2D eigenvalue weighted by molar-refractivity contribution is 0.286. The zero-order chi connectivity index (χ0) is 17.6. The molecule has 25 heavy (non-hydrogen) atoms. The molecule has 0 aliphatic rings. The summed E-state index contributed by atoms with van der Waals surface area (Å²) in [6.07, 6.45) is 3.18. The number of nitrogens with one attached hydrogen (secondary N) is 3. The van der Waals surface area contributed by atoms with Gasteiger partial charge in [-0.15, -0.1) is 0 Å². The summed E-state index contributed by atoms with van der Waals surface area (Å²) in [5, 5.41) is 16.3. The van der Waals surface area contributed by atoms with Crippen LogP contribution in [0.3, 0.4) is 0 Å². The Kier molecular flexibility index (Phi) is 5.91. The first-order valence-corrected chi connectivity index (χ1v) is 8.66. The van der Waals surface area contributed by atoms with Crippen molar-refractivity contribution in [2.45, 2.75) is 19.4 Å². The van der Waals surface area contributed by atoms with Gasteiger partial charge in [0.1, 0.15) is 5.52 Å². The van der Waals surface area contributed by atoms with E-state index >= 15 is 0 Å². The van der Waals surface area contributed by atoms with Crippen LogP contribution in [0.2, 0.25) is 10.0 Å². The molecule has 0 saturated heterocycles. The molecule has 0 spiro atoms. The van der Waals surface area contributed by atoms with Gasteiger partial charge in [-0.25, -0.2) is 4.98 Å². The molecule has 0 atom stereocenters. The van der Waals surface area contributed by atoms with Crippen LogP contribution in [-0.2, 0) is 6.54 Å². The largest absolute Gasteiger partial charge is 0.396 e. The fourth-order valence-corrected chi connectivity index (χ4v) is 2.64. The maximum Gasteiger partial charge on any atom is 0.227 e. The molecule has 132 valence electrons. The van der Waals surface area contributed by atoms with Gasteiger partial charge in [0.25, 0.3) is 0 Å². The summed E-state index contributed by atoms with van der Waals surface area (Å²) in [5.41, 5.74) is 2.30. The summed E-state index contributed by atoms with van der Waals surface area (Å²) in [5.74, 6) is 1.15. The number of aliphatic hydroxyl groups excluding tert-OH is 1. The van der Waals surface area contributed by atoms with Gasteiger partial charge in [0.15, 0.2) is 11.5 Å². The third-order valence-corrected chi connectivity index (χ3v) is 4.34. The van der Waals surface area contributed by atoms with Gasteiger partial charge in [0.05, 0.1) is 16.4 Å². The van der Waals surface area contributed by atoms with Crippen LogP contribution in [0.25, 0.3) is 11.2 Å². The van der Waals surface area contributed by atoms with Crippen LogP contribution in [0.5, 0.6) is 0 Å². The lowest BCUT2D eigenvalue weighted by Gasteiger charge is -2.10. The van der Waals surface area contributed by atoms with E-state index < -0.39 is 0 Å². The second kappa shape index (κ2) is 8.33. The Bertz CT molecular complexity index is 854. The first-order valence-electron chi connectivity index (χ1n) is 7.91. The van der Waals surface area contributed by atoms with E-state index in [4.69, 9.17) is 28.3 Å². The van der Waals surface area contributed by atoms with Crippen molar-refractivity contribution in [2.75, 3.05) is 23.8 Å². The molecule has 4 N–H and O–H groups in total. The van der Waals surface area contributed by atoms with Crippen molar-refractivity contribution in [3.63, 3.8) is 0 Å². The SMILES string of the molecule is OCCCCNc1nc(NCc2ccc(Cl)c(Cl)c2)nc2nc[nH]c12. The van der Waals surface area contributed by atoms with Crippen LogP contribution >= 0.6 is 23.2 Å². The number of imidazole rings is 1. The van der Waals surface area contributed by atoms with Crippen molar-refractivity contribution in [3.8, 4) is 0 Å². The molecule has 9 heteroatoms. The standard InChI is InChI=1S/C16H18Cl2N6O/c17-11-4-3-10(7-12(11)18)8-20-16-23-14(19-5-1-2-6-25)13-15(24-16)22-9-21-13/h3-4,7,9,25H,1-2,5-6,8H2,(H3,19,20,21,22,23,24). The van der Waals surface area contributed by atoms with E-state index in [1.54, 1.807) is 18.5 Å². The maximum absolute atomic E-state index is 8.86. The Labute approximate surface area is 154 Å². The molecule has 0 amide bonds. The smallest absolute Gasteiger partial charge is 0.227 e. The summed E-state index contributed by atoms with van der Waals surface area (Å²) < 4.78 is 0. The molecule has 2 aromatic heterocycles. The molecule has 3 aromatic rings. The van der Waals surface area contributed by atoms with Crippen LogP contribution in [0.4, 0.5) is 11.8 Å². The molecule has 0 radical (unpaired) electrons. The summed E-state index contributed by atoms with van der Waals surface area (Å²) in [7, 11) is 0. The summed E-state index contributed by atoms with van der Waals surface area (Å²) in [4.78, 5) is 16.1. The molecular weight excluding hydrogens is 363 g/mol. The molecule has 0 aliphatic heterocycles. The van der Waals surface area contributed by atoms with E-state index in [0.29, 0.717) is 40.5 Å². The maximum atomic E-state index is 8.86. The fraction of sp³-hybridized carbons (Fsp3) is 0.312. The number of hydrogen-bond acceptors (Lipinski definition) is 6. The first-order chi connectivity index (χ1) is 12.2. The normalized spacial score (nSPS) is 11.0. The van der Waals surface area contributed by atoms with Crippen LogP contribution in [0.1, 0.15) is 18.4 Å². The van der Waals surface area contributed by atoms with E-state index in [9.17, 15) is 0 Å². The van der Waals surface area contributed by atoms with Crippen molar-refractivity contribution >= 4 is 46.1 Å². The third-order valence-electron chi connectivity index (χ3n) is 3.60. The quantitative estimate of drug-likeness (QED) is 0.446. The highest BCUT2D eigenvalue weighted by molar-refractivity contribution is 6.42. The van der Waals surface area contributed by atoms with Gasteiger partial charge in [-0.1, -0.05) is 29.3 Å². The van der Waals surface area contributed by atoms with Gasteiger partial charge >= 0.3 is 0 Å². The van der Waals surface area contributed by atoms with Gasteiger partial charge in [-0.05, 0) is 30.5 Å². The lowest BCUT2D eigenvalue weighted by Crippen LogP contribution is -2.09. The molecule has 7 nitrogen and oxygen atoms in total. The van der Waals surface area contributed by atoms with Crippen molar-refractivity contribution in [3.05, 3.63) is 40.1 Å². The van der Waals surface area contributed by atoms with E-state index in [1.165, 1.54) is 0 Å². The topological polar surface area (TPSA) is 98.8 Å². The number of nitrogens with zero attached hydrogens (tertiary/aromatic N) is 3. The van der Waals surface area contributed by atoms with Crippen molar-refractivity contribution in [1.82, 2.24) is 19.9 Å². The third kappa shape index (κ3) is 4.50. The zero-order valence-electron chi connectivity index (χ0n) is 13.4. The Morgan fingerprint density at radius 3 is 2.76 bits per heavy atom. The molecule has 0 bridgehead atoms. The predicted octanol–water partition coefficient (Wildman–Crippen LogP) is 3.46. The number of unbranched alkanes of at least 4 members (excludes halogenated alkanes) is 1. The van der Waals surface area contributed by atoms with Crippen LogP contribution in [0.15, 0.2) is 24.5 Å². The molecular formula is C16H18Cl2N6O. The van der Waals surface area contributed by atoms with Gasteiger partial charge in [0.2, 0.25) is 5.95 Å². The molecule has 3 rings (SSSR count). The Balaban J connectivity index is 1.73. The number of fused-ring (bicyclic) bond motifs is 1. The number of hydrogen-bond donors (Lipinski definition) is 4. The highest BCUT2D eigenvalue weighted by Gasteiger charge is 2.10. The van der Waals surface area contributed by atoms with E-state index in [2.05, 4.69) is 30.6 Å². The number of benzene rings is 1. The van der Waals surface area contributed by atoms with E-state index in [0.717, 1.165) is 23.9 Å². The number of rotatable bonds is 8. The molecule has 0 fully saturated rings. The number of anilines is 2. The molecule has 1 aromatic carbocycles. The van der Waals surface area contributed by atoms with Crippen LogP contribution in [-0.4, -0.2) is 38.2 Å². The monoisotopic (exact) mass is 380 g/mol. The van der Waals surface area contributed by atoms with Gasteiger partial charge in [0, 0.05) is 19.7 Å². The highest BCUT2D eigenvalue weighted by atomic mass is 35.5. The first kappa shape index (κ1) is 17.7. The second-order valence-corrected chi connectivity index (χ2v) is 6.27. The number of aliphatic hydroxyl groups is 1. The minimum atomic E-state index is 0.182. The van der Waals surface area contributed by atoms with E-state index in [-0.39, 0.29) is 6.61 Å². The average Bonchev–Trinajstić information content (AvgIpc) is 3.08. The summed E-state index contributed by atoms with van der Waals surface area (Å²) >= 11 is 12.0. The van der Waals surface area contributed by atoms with Crippen molar-refractivity contribution in [2.24, 2.45) is 0 Å². The van der Waals surface area contributed by atoms with Crippen LogP contribution in [0, 0.1) is 0 Å². The van der Waals surface area contributed by atoms with Gasteiger partial charge in [-0.3, -0.25) is 0 Å². The van der Waals surface area contributed by atoms with Crippen molar-refractivity contribution < 1.29 is 5.11 Å². The summed E-state index contributed by atoms with van der Waals surface area (Å²) in [6.45, 7) is 1.40. The minimum Gasteiger partial charge on any atom is -0.396 e. The average molecular weight is 381 g/mol. The number of H-pyrrole nitrogens is 1. The number of aromatic nitrogens is 4.